The van der Waals surface area contributed by atoms with Crippen molar-refractivity contribution < 1.29 is 14.3 Å². The van der Waals surface area contributed by atoms with E-state index in [0.29, 0.717) is 0 Å². The zero-order valence-electron chi connectivity index (χ0n) is 13.7. The van der Waals surface area contributed by atoms with Gasteiger partial charge in [0, 0.05) is 0 Å². The SMILES string of the molecule is CC(C)(C)[Si](C)(C)Oc1ccc2c(c1)CCCC2C(=O)O. The van der Waals surface area contributed by atoms with Crippen LogP contribution in [0, 0.1) is 0 Å². The molecule has 1 aromatic carbocycles. The summed E-state index contributed by atoms with van der Waals surface area (Å²) in [5, 5.41) is 9.48. The molecule has 1 aliphatic rings. The molecule has 21 heavy (non-hydrogen) atoms. The lowest BCUT2D eigenvalue weighted by Gasteiger charge is -2.36. The topological polar surface area (TPSA) is 46.5 Å². The lowest BCUT2D eigenvalue weighted by Crippen LogP contribution is -2.43. The van der Waals surface area contributed by atoms with Crippen LogP contribution in [0.1, 0.15) is 50.7 Å². The van der Waals surface area contributed by atoms with Crippen molar-refractivity contribution in [1.29, 1.82) is 0 Å². The highest BCUT2D eigenvalue weighted by Crippen LogP contribution is 2.39. The number of aliphatic carboxylic acids is 1. The molecule has 0 aromatic heterocycles. The van der Waals surface area contributed by atoms with Crippen molar-refractivity contribution >= 4 is 14.3 Å². The molecule has 1 unspecified atom stereocenters. The van der Waals surface area contributed by atoms with E-state index in [1.165, 1.54) is 0 Å². The Morgan fingerprint density at radius 3 is 2.57 bits per heavy atom. The quantitative estimate of drug-likeness (QED) is 0.832. The van der Waals surface area contributed by atoms with Gasteiger partial charge in [0.15, 0.2) is 0 Å². The van der Waals surface area contributed by atoms with Gasteiger partial charge in [-0.2, -0.15) is 0 Å². The summed E-state index contributed by atoms with van der Waals surface area (Å²) in [5.74, 6) is -0.170. The molecular weight excluding hydrogens is 280 g/mol. The van der Waals surface area contributed by atoms with Crippen molar-refractivity contribution in [3.63, 3.8) is 0 Å². The monoisotopic (exact) mass is 306 g/mol. The Morgan fingerprint density at radius 2 is 2.00 bits per heavy atom. The number of carbonyl (C=O) groups is 1. The second kappa shape index (κ2) is 5.48. The van der Waals surface area contributed by atoms with E-state index in [4.69, 9.17) is 4.43 Å². The van der Waals surface area contributed by atoms with Crippen LogP contribution in [0.5, 0.6) is 5.75 Å². The number of benzene rings is 1. The number of hydrogen-bond donors (Lipinski definition) is 1. The molecule has 0 fully saturated rings. The predicted octanol–water partition coefficient (Wildman–Crippen LogP) is 4.58. The van der Waals surface area contributed by atoms with Gasteiger partial charge in [0.05, 0.1) is 5.92 Å². The average molecular weight is 306 g/mol. The van der Waals surface area contributed by atoms with Gasteiger partial charge in [-0.05, 0) is 60.7 Å². The molecule has 1 aromatic rings. The lowest BCUT2D eigenvalue weighted by molar-refractivity contribution is -0.139. The molecule has 1 N–H and O–H groups in total. The molecule has 2 rings (SSSR count). The minimum Gasteiger partial charge on any atom is -0.543 e. The van der Waals surface area contributed by atoms with Crippen molar-refractivity contribution in [3.05, 3.63) is 29.3 Å². The summed E-state index contributed by atoms with van der Waals surface area (Å²) < 4.78 is 6.32. The van der Waals surface area contributed by atoms with Crippen LogP contribution >= 0.6 is 0 Å². The number of rotatable bonds is 3. The highest BCUT2D eigenvalue weighted by Gasteiger charge is 2.39. The minimum absolute atomic E-state index is 0.159. The summed E-state index contributed by atoms with van der Waals surface area (Å²) in [5.41, 5.74) is 2.11. The molecule has 3 nitrogen and oxygen atoms in total. The Balaban J connectivity index is 2.28. The van der Waals surface area contributed by atoms with Gasteiger partial charge in [-0.1, -0.05) is 26.8 Å². The van der Waals surface area contributed by atoms with E-state index in [1.54, 1.807) is 0 Å². The number of aryl methyl sites for hydroxylation is 1. The number of carboxylic acid groups (broad SMARTS) is 1. The van der Waals surface area contributed by atoms with Crippen molar-refractivity contribution in [1.82, 2.24) is 0 Å². The molecule has 0 saturated heterocycles. The van der Waals surface area contributed by atoms with Gasteiger partial charge in [0.1, 0.15) is 5.75 Å². The Labute approximate surface area is 128 Å². The van der Waals surface area contributed by atoms with Crippen molar-refractivity contribution in [2.75, 3.05) is 0 Å². The van der Waals surface area contributed by atoms with Crippen LogP contribution in [0.4, 0.5) is 0 Å². The first-order chi connectivity index (χ1) is 9.62. The summed E-state index contributed by atoms with van der Waals surface area (Å²) in [6.45, 7) is 11.1. The Bertz CT molecular complexity index is 543. The summed E-state index contributed by atoms with van der Waals surface area (Å²) in [6, 6.07) is 5.96. The summed E-state index contributed by atoms with van der Waals surface area (Å²) in [4.78, 5) is 11.3. The molecule has 1 atom stereocenters. The molecule has 0 radical (unpaired) electrons. The number of fused-ring (bicyclic) bond motifs is 1. The highest BCUT2D eigenvalue weighted by molar-refractivity contribution is 6.74. The fraction of sp³-hybridized carbons (Fsp3) is 0.588. The molecule has 4 heteroatoms. The molecule has 116 valence electrons. The molecule has 0 saturated carbocycles. The second-order valence-electron chi connectivity index (χ2n) is 7.51. The van der Waals surface area contributed by atoms with Gasteiger partial charge >= 0.3 is 5.97 Å². The normalized spacial score (nSPS) is 19.0. The zero-order chi connectivity index (χ0) is 15.8. The standard InChI is InChI=1S/C17H26O3Si/c1-17(2,3)21(4,5)20-13-9-10-14-12(11-13)7-6-8-15(14)16(18)19/h9-11,15H,6-8H2,1-5H3,(H,18,19). The smallest absolute Gasteiger partial charge is 0.310 e. The molecule has 0 amide bonds. The molecule has 0 bridgehead atoms. The number of carboxylic acids is 1. The van der Waals surface area contributed by atoms with Crippen molar-refractivity contribution in [2.24, 2.45) is 0 Å². The third-order valence-corrected chi connectivity index (χ3v) is 9.26. The first-order valence-corrected chi connectivity index (χ1v) is 10.6. The first kappa shape index (κ1) is 16.1. The van der Waals surface area contributed by atoms with Crippen LogP contribution in [0.2, 0.25) is 18.1 Å². The van der Waals surface area contributed by atoms with Crippen LogP contribution in [0.3, 0.4) is 0 Å². The van der Waals surface area contributed by atoms with Crippen LogP contribution in [-0.4, -0.2) is 19.4 Å². The van der Waals surface area contributed by atoms with Crippen molar-refractivity contribution in [2.45, 2.75) is 64.1 Å². The maximum absolute atomic E-state index is 11.3. The van der Waals surface area contributed by atoms with Crippen LogP contribution < -0.4 is 4.43 Å². The molecule has 0 heterocycles. The van der Waals surface area contributed by atoms with Crippen LogP contribution in [0.25, 0.3) is 0 Å². The second-order valence-corrected chi connectivity index (χ2v) is 12.2. The summed E-state index contributed by atoms with van der Waals surface area (Å²) in [6.07, 6.45) is 2.63. The van der Waals surface area contributed by atoms with E-state index < -0.39 is 14.3 Å². The zero-order valence-corrected chi connectivity index (χ0v) is 14.7. The van der Waals surface area contributed by atoms with Gasteiger partial charge in [-0.3, -0.25) is 4.79 Å². The van der Waals surface area contributed by atoms with E-state index >= 15 is 0 Å². The molecule has 0 aliphatic heterocycles. The third-order valence-electron chi connectivity index (χ3n) is 4.91. The first-order valence-electron chi connectivity index (χ1n) is 7.66. The Kier molecular flexibility index (Phi) is 4.20. The fourth-order valence-electron chi connectivity index (χ4n) is 2.56. The average Bonchev–Trinajstić information content (AvgIpc) is 2.35. The van der Waals surface area contributed by atoms with E-state index in [-0.39, 0.29) is 11.0 Å². The van der Waals surface area contributed by atoms with E-state index in [2.05, 4.69) is 39.9 Å². The maximum Gasteiger partial charge on any atom is 0.310 e. The molecule has 0 spiro atoms. The third kappa shape index (κ3) is 3.31. The van der Waals surface area contributed by atoms with Crippen LogP contribution in [0.15, 0.2) is 18.2 Å². The van der Waals surface area contributed by atoms with E-state index in [9.17, 15) is 9.90 Å². The Morgan fingerprint density at radius 1 is 1.33 bits per heavy atom. The van der Waals surface area contributed by atoms with Gasteiger partial charge in [0.2, 0.25) is 8.32 Å². The Hall–Kier alpha value is -1.29. The fourth-order valence-corrected chi connectivity index (χ4v) is 3.58. The summed E-state index contributed by atoms with van der Waals surface area (Å²) >= 11 is 0. The predicted molar refractivity (Wildman–Crippen MR) is 87.6 cm³/mol. The molecule has 1 aliphatic carbocycles. The lowest BCUT2D eigenvalue weighted by atomic mass is 9.83. The van der Waals surface area contributed by atoms with Gasteiger partial charge in [0.25, 0.3) is 0 Å². The summed E-state index contributed by atoms with van der Waals surface area (Å²) in [7, 11) is -1.85. The minimum atomic E-state index is -1.85. The molecular formula is C17H26O3Si. The number of hydrogen-bond acceptors (Lipinski definition) is 2. The maximum atomic E-state index is 11.3. The van der Waals surface area contributed by atoms with Crippen molar-refractivity contribution in [3.8, 4) is 5.75 Å². The van der Waals surface area contributed by atoms with Gasteiger partial charge in [-0.25, -0.2) is 0 Å². The van der Waals surface area contributed by atoms with E-state index in [1.807, 2.05) is 12.1 Å². The van der Waals surface area contributed by atoms with Gasteiger partial charge in [-0.15, -0.1) is 0 Å². The van der Waals surface area contributed by atoms with Crippen LogP contribution in [-0.2, 0) is 11.2 Å². The van der Waals surface area contributed by atoms with Gasteiger partial charge < -0.3 is 9.53 Å². The highest BCUT2D eigenvalue weighted by atomic mass is 28.4. The van der Waals surface area contributed by atoms with E-state index in [0.717, 1.165) is 36.1 Å². The largest absolute Gasteiger partial charge is 0.543 e.